The van der Waals surface area contributed by atoms with Crippen LogP contribution in [0.25, 0.3) is 0 Å². The summed E-state index contributed by atoms with van der Waals surface area (Å²) in [4.78, 5) is 12.4. The van der Waals surface area contributed by atoms with Gasteiger partial charge < -0.3 is 14.4 Å². The van der Waals surface area contributed by atoms with Gasteiger partial charge in [-0.2, -0.15) is 4.39 Å². The van der Waals surface area contributed by atoms with Crippen LogP contribution in [0.3, 0.4) is 0 Å². The van der Waals surface area contributed by atoms with Gasteiger partial charge in [-0.15, -0.1) is 0 Å². The number of ether oxygens (including phenoxy) is 2. The van der Waals surface area contributed by atoms with Gasteiger partial charge in [-0.25, -0.2) is 0 Å². The predicted molar refractivity (Wildman–Crippen MR) is 83.2 cm³/mol. The molecule has 0 radical (unpaired) electrons. The predicted octanol–water partition coefficient (Wildman–Crippen LogP) is 2.90. The van der Waals surface area contributed by atoms with Crippen molar-refractivity contribution in [3.8, 4) is 0 Å². The Hall–Kier alpha value is -1.73. The second-order valence-electron chi connectivity index (χ2n) is 6.00. The Morgan fingerprint density at radius 1 is 1.17 bits per heavy atom. The first-order valence-electron chi connectivity index (χ1n) is 8.06. The van der Waals surface area contributed by atoms with Crippen molar-refractivity contribution in [1.29, 1.82) is 0 Å². The second-order valence-corrected chi connectivity index (χ2v) is 6.00. The molecule has 0 unspecified atom stereocenters. The number of hydrogen-bond acceptors (Lipinski definition) is 5. The molecule has 2 heterocycles. The fourth-order valence-corrected chi connectivity index (χ4v) is 3.26. The summed E-state index contributed by atoms with van der Waals surface area (Å²) in [7, 11) is 0. The number of nitro benzene ring substituents is 1. The molecule has 2 aliphatic rings. The van der Waals surface area contributed by atoms with Gasteiger partial charge in [0.2, 0.25) is 5.82 Å². The van der Waals surface area contributed by atoms with Crippen LogP contribution in [0, 0.1) is 15.9 Å². The number of hydrogen-bond donors (Lipinski definition) is 0. The smallest absolute Gasteiger partial charge is 0.327 e. The molecule has 6 nitrogen and oxygen atoms in total. The molecular formula is C16H21FN2O4. The van der Waals surface area contributed by atoms with Crippen molar-refractivity contribution < 1.29 is 18.8 Å². The number of nitro groups is 1. The lowest BCUT2D eigenvalue weighted by Crippen LogP contribution is -2.39. The summed E-state index contributed by atoms with van der Waals surface area (Å²) in [5, 5.41) is 11.1. The van der Waals surface area contributed by atoms with E-state index in [0.29, 0.717) is 18.8 Å². The quantitative estimate of drug-likeness (QED) is 0.629. The van der Waals surface area contributed by atoms with E-state index < -0.39 is 16.4 Å². The lowest BCUT2D eigenvalue weighted by molar-refractivity contribution is -0.386. The Morgan fingerprint density at radius 2 is 1.83 bits per heavy atom. The molecule has 2 fully saturated rings. The van der Waals surface area contributed by atoms with Crippen LogP contribution in [0.5, 0.6) is 0 Å². The number of benzene rings is 1. The molecule has 0 bridgehead atoms. The second kappa shape index (κ2) is 7.23. The third-order valence-electron chi connectivity index (χ3n) is 4.48. The Labute approximate surface area is 134 Å². The molecule has 0 spiro atoms. The largest absolute Gasteiger partial charge is 0.381 e. The Kier molecular flexibility index (Phi) is 5.07. The van der Waals surface area contributed by atoms with E-state index in [0.717, 1.165) is 45.0 Å². The molecule has 0 N–H and O–H groups in total. The van der Waals surface area contributed by atoms with E-state index in [1.54, 1.807) is 6.07 Å². The van der Waals surface area contributed by atoms with Gasteiger partial charge >= 0.3 is 5.69 Å². The van der Waals surface area contributed by atoms with Crippen LogP contribution in [-0.4, -0.2) is 43.4 Å². The van der Waals surface area contributed by atoms with E-state index in [2.05, 4.69) is 0 Å². The first-order valence-corrected chi connectivity index (χ1v) is 8.06. The van der Waals surface area contributed by atoms with Gasteiger partial charge in [-0.3, -0.25) is 10.1 Å². The van der Waals surface area contributed by atoms with Gasteiger partial charge in [0, 0.05) is 26.3 Å². The molecule has 1 aromatic rings. The zero-order valence-electron chi connectivity index (χ0n) is 12.9. The van der Waals surface area contributed by atoms with Crippen molar-refractivity contribution in [3.63, 3.8) is 0 Å². The Balaban J connectivity index is 1.61. The van der Waals surface area contributed by atoms with Crippen LogP contribution in [0.4, 0.5) is 15.8 Å². The van der Waals surface area contributed by atoms with E-state index in [9.17, 15) is 14.5 Å². The average molecular weight is 324 g/mol. The number of rotatable bonds is 4. The Morgan fingerprint density at radius 3 is 2.48 bits per heavy atom. The first-order chi connectivity index (χ1) is 11.1. The van der Waals surface area contributed by atoms with E-state index in [-0.39, 0.29) is 12.2 Å². The summed E-state index contributed by atoms with van der Waals surface area (Å²) < 4.78 is 25.2. The van der Waals surface area contributed by atoms with Crippen molar-refractivity contribution in [1.82, 2.24) is 0 Å². The summed E-state index contributed by atoms with van der Waals surface area (Å²) in [6.07, 6.45) is 3.87. The number of halogens is 1. The van der Waals surface area contributed by atoms with Crippen molar-refractivity contribution >= 4 is 11.4 Å². The van der Waals surface area contributed by atoms with E-state index in [4.69, 9.17) is 9.47 Å². The summed E-state index contributed by atoms with van der Waals surface area (Å²) >= 11 is 0. The zero-order chi connectivity index (χ0) is 16.2. The fraction of sp³-hybridized carbons (Fsp3) is 0.625. The Bertz CT molecular complexity index is 555. The molecule has 0 atom stereocenters. The van der Waals surface area contributed by atoms with Gasteiger partial charge in [0.15, 0.2) is 0 Å². The van der Waals surface area contributed by atoms with E-state index in [1.165, 1.54) is 6.07 Å². The molecule has 23 heavy (non-hydrogen) atoms. The van der Waals surface area contributed by atoms with Crippen LogP contribution < -0.4 is 4.90 Å². The zero-order valence-corrected chi connectivity index (χ0v) is 12.9. The highest BCUT2D eigenvalue weighted by atomic mass is 19.1. The lowest BCUT2D eigenvalue weighted by atomic mass is 10.0. The summed E-state index contributed by atoms with van der Waals surface area (Å²) in [6.45, 7) is 2.77. The van der Waals surface area contributed by atoms with Crippen molar-refractivity contribution in [2.24, 2.45) is 0 Å². The SMILES string of the molecule is O=[N+]([O-])c1c(F)cccc1N1CCC(OC2CCOCC2)CC1. The summed E-state index contributed by atoms with van der Waals surface area (Å²) in [5.41, 5.74) is -0.0733. The molecule has 0 amide bonds. The van der Waals surface area contributed by atoms with E-state index in [1.807, 2.05) is 4.90 Å². The summed E-state index contributed by atoms with van der Waals surface area (Å²) in [6, 6.07) is 4.26. The van der Waals surface area contributed by atoms with Gasteiger partial charge in [-0.05, 0) is 37.8 Å². The normalized spacial score (nSPS) is 20.7. The van der Waals surface area contributed by atoms with Crippen molar-refractivity contribution in [2.75, 3.05) is 31.2 Å². The highest BCUT2D eigenvalue weighted by Crippen LogP contribution is 2.33. The van der Waals surface area contributed by atoms with Crippen LogP contribution >= 0.6 is 0 Å². The van der Waals surface area contributed by atoms with Gasteiger partial charge in [0.25, 0.3) is 0 Å². The minimum atomic E-state index is -0.784. The van der Waals surface area contributed by atoms with Crippen LogP contribution in [0.15, 0.2) is 18.2 Å². The molecule has 3 rings (SSSR count). The average Bonchev–Trinajstić information content (AvgIpc) is 2.56. The summed E-state index contributed by atoms with van der Waals surface area (Å²) in [5.74, 6) is -0.784. The van der Waals surface area contributed by atoms with Crippen LogP contribution in [0.1, 0.15) is 25.7 Å². The monoisotopic (exact) mass is 324 g/mol. The maximum absolute atomic E-state index is 13.7. The molecular weight excluding hydrogens is 303 g/mol. The van der Waals surface area contributed by atoms with Crippen LogP contribution in [0.2, 0.25) is 0 Å². The fourth-order valence-electron chi connectivity index (χ4n) is 3.26. The molecule has 1 aromatic carbocycles. The molecule has 0 saturated carbocycles. The highest BCUT2D eigenvalue weighted by molar-refractivity contribution is 5.64. The van der Waals surface area contributed by atoms with Crippen molar-refractivity contribution in [3.05, 3.63) is 34.1 Å². The minimum Gasteiger partial charge on any atom is -0.381 e. The maximum Gasteiger partial charge on any atom is 0.327 e. The highest BCUT2D eigenvalue weighted by Gasteiger charge is 2.29. The third kappa shape index (κ3) is 3.79. The molecule has 2 saturated heterocycles. The third-order valence-corrected chi connectivity index (χ3v) is 4.48. The van der Waals surface area contributed by atoms with Gasteiger partial charge in [0.1, 0.15) is 5.69 Å². The molecule has 2 aliphatic heterocycles. The maximum atomic E-state index is 13.7. The van der Waals surface area contributed by atoms with Crippen LogP contribution in [-0.2, 0) is 9.47 Å². The number of piperidine rings is 1. The van der Waals surface area contributed by atoms with Gasteiger partial charge in [-0.1, -0.05) is 6.07 Å². The van der Waals surface area contributed by atoms with E-state index >= 15 is 0 Å². The molecule has 126 valence electrons. The lowest BCUT2D eigenvalue weighted by Gasteiger charge is -2.35. The number of para-hydroxylation sites is 1. The topological polar surface area (TPSA) is 64.8 Å². The number of nitrogens with zero attached hydrogens (tertiary/aromatic N) is 2. The standard InChI is InChI=1S/C16H21FN2O4/c17-14-2-1-3-15(16(14)19(20)21)18-8-4-12(5-9-18)23-13-6-10-22-11-7-13/h1-3,12-13H,4-11H2. The number of anilines is 1. The van der Waals surface area contributed by atoms with Crippen molar-refractivity contribution in [2.45, 2.75) is 37.9 Å². The molecule has 0 aromatic heterocycles. The first kappa shape index (κ1) is 16.1. The minimum absolute atomic E-state index is 0.168. The molecule has 0 aliphatic carbocycles. The molecule has 7 heteroatoms. The van der Waals surface area contributed by atoms with Gasteiger partial charge in [0.05, 0.1) is 17.1 Å².